The van der Waals surface area contributed by atoms with Crippen molar-refractivity contribution in [1.29, 1.82) is 0 Å². The monoisotopic (exact) mass is 270 g/mol. The first-order chi connectivity index (χ1) is 9.65. The van der Waals surface area contributed by atoms with Crippen LogP contribution in [0, 0.1) is 6.92 Å². The Labute approximate surface area is 121 Å². The van der Waals surface area contributed by atoms with Crippen LogP contribution in [0.3, 0.4) is 0 Å². The van der Waals surface area contributed by atoms with Crippen molar-refractivity contribution >= 4 is 0 Å². The zero-order chi connectivity index (χ0) is 14.4. The van der Waals surface area contributed by atoms with E-state index in [1.807, 2.05) is 24.3 Å². The highest BCUT2D eigenvalue weighted by Crippen LogP contribution is 2.13. The van der Waals surface area contributed by atoms with E-state index in [0.29, 0.717) is 6.61 Å². The molecule has 0 aromatic heterocycles. The van der Waals surface area contributed by atoms with Crippen LogP contribution in [0.5, 0.6) is 0 Å². The molecule has 0 saturated heterocycles. The quantitative estimate of drug-likeness (QED) is 0.809. The van der Waals surface area contributed by atoms with E-state index in [4.69, 9.17) is 4.74 Å². The summed E-state index contributed by atoms with van der Waals surface area (Å²) < 4.78 is 5.70. The third-order valence-electron chi connectivity index (χ3n) is 3.35. The van der Waals surface area contributed by atoms with Gasteiger partial charge >= 0.3 is 0 Å². The van der Waals surface area contributed by atoms with Crippen molar-refractivity contribution in [3.05, 3.63) is 70.8 Å². The van der Waals surface area contributed by atoms with Gasteiger partial charge in [-0.05, 0) is 37.0 Å². The van der Waals surface area contributed by atoms with Crippen molar-refractivity contribution in [3.8, 4) is 0 Å². The lowest BCUT2D eigenvalue weighted by Gasteiger charge is -2.08. The summed E-state index contributed by atoms with van der Waals surface area (Å²) in [6.07, 6.45) is 0.527. The van der Waals surface area contributed by atoms with Crippen LogP contribution in [0.1, 0.15) is 35.3 Å². The lowest BCUT2D eigenvalue weighted by molar-refractivity contribution is 0.123. The Morgan fingerprint density at radius 2 is 1.80 bits per heavy atom. The summed E-state index contributed by atoms with van der Waals surface area (Å²) in [5, 5.41) is 9.45. The molecule has 1 atom stereocenters. The van der Waals surface area contributed by atoms with Gasteiger partial charge in [-0.25, -0.2) is 0 Å². The smallest absolute Gasteiger partial charge is 0.0761 e. The van der Waals surface area contributed by atoms with E-state index >= 15 is 0 Å². The molecule has 0 amide bonds. The number of ether oxygens (including phenoxy) is 1. The normalized spacial score (nSPS) is 12.3. The predicted molar refractivity (Wildman–Crippen MR) is 81.6 cm³/mol. The number of aliphatic hydroxyl groups is 1. The third-order valence-corrected chi connectivity index (χ3v) is 3.35. The Bertz CT molecular complexity index is 529. The largest absolute Gasteiger partial charge is 0.389 e. The lowest BCUT2D eigenvalue weighted by atomic mass is 10.1. The number of aliphatic hydroxyl groups excluding tert-OH is 1. The Morgan fingerprint density at radius 1 is 1.05 bits per heavy atom. The third kappa shape index (κ3) is 4.48. The van der Waals surface area contributed by atoms with Crippen LogP contribution in [0.15, 0.2) is 48.5 Å². The molecule has 1 unspecified atom stereocenters. The minimum Gasteiger partial charge on any atom is -0.389 e. The molecule has 2 heteroatoms. The molecule has 0 saturated carbocycles. The van der Waals surface area contributed by atoms with Crippen molar-refractivity contribution in [1.82, 2.24) is 0 Å². The van der Waals surface area contributed by atoms with Gasteiger partial charge in [0.1, 0.15) is 0 Å². The molecule has 0 aliphatic rings. The maximum absolute atomic E-state index is 9.45. The molecular weight excluding hydrogens is 248 g/mol. The van der Waals surface area contributed by atoms with Gasteiger partial charge in [0.2, 0.25) is 0 Å². The molecule has 0 bridgehead atoms. The van der Waals surface area contributed by atoms with E-state index in [-0.39, 0.29) is 0 Å². The molecule has 2 aromatic rings. The molecular formula is C18H22O2. The maximum atomic E-state index is 9.45. The molecule has 0 aliphatic carbocycles. The van der Waals surface area contributed by atoms with Crippen LogP contribution >= 0.6 is 0 Å². The Morgan fingerprint density at radius 3 is 2.45 bits per heavy atom. The second-order valence-corrected chi connectivity index (χ2v) is 5.21. The molecule has 1 N–H and O–H groups in total. The molecule has 106 valence electrons. The van der Waals surface area contributed by atoms with Crippen LogP contribution < -0.4 is 0 Å². The molecule has 0 fully saturated rings. The fraction of sp³-hybridized carbons (Fsp3) is 0.333. The summed E-state index contributed by atoms with van der Waals surface area (Å²) in [7, 11) is 0. The fourth-order valence-electron chi connectivity index (χ4n) is 2.14. The number of rotatable bonds is 6. The molecule has 0 aliphatic heterocycles. The summed E-state index contributed by atoms with van der Waals surface area (Å²) in [5.74, 6) is 0. The number of aryl methyl sites for hydroxylation is 1. The highest BCUT2D eigenvalue weighted by Gasteiger charge is 2.00. The van der Waals surface area contributed by atoms with Crippen LogP contribution in [0.2, 0.25) is 0 Å². The first-order valence-corrected chi connectivity index (χ1v) is 7.05. The average Bonchev–Trinajstić information content (AvgIpc) is 2.44. The van der Waals surface area contributed by atoms with Crippen LogP contribution in [-0.2, 0) is 17.8 Å². The standard InChI is InChI=1S/C18H22O2/c1-14-4-3-5-16(12-14)10-11-20-13-17-6-8-18(9-7-17)15(2)19/h3-9,12,15,19H,10-11,13H2,1-2H3. The van der Waals surface area contributed by atoms with Gasteiger partial charge in [-0.2, -0.15) is 0 Å². The van der Waals surface area contributed by atoms with Crippen LogP contribution in [0.25, 0.3) is 0 Å². The molecule has 0 heterocycles. The molecule has 20 heavy (non-hydrogen) atoms. The molecule has 2 aromatic carbocycles. The van der Waals surface area contributed by atoms with Gasteiger partial charge in [0, 0.05) is 0 Å². The van der Waals surface area contributed by atoms with Gasteiger partial charge in [-0.15, -0.1) is 0 Å². The van der Waals surface area contributed by atoms with Crippen LogP contribution in [-0.4, -0.2) is 11.7 Å². The topological polar surface area (TPSA) is 29.5 Å². The highest BCUT2D eigenvalue weighted by atomic mass is 16.5. The van der Waals surface area contributed by atoms with Gasteiger partial charge in [-0.1, -0.05) is 54.1 Å². The second kappa shape index (κ2) is 7.22. The van der Waals surface area contributed by atoms with E-state index < -0.39 is 6.10 Å². The zero-order valence-corrected chi connectivity index (χ0v) is 12.2. The Kier molecular flexibility index (Phi) is 5.33. The zero-order valence-electron chi connectivity index (χ0n) is 12.2. The van der Waals surface area contributed by atoms with Crippen LogP contribution in [0.4, 0.5) is 0 Å². The van der Waals surface area contributed by atoms with E-state index in [9.17, 15) is 5.11 Å². The predicted octanol–water partition coefficient (Wildman–Crippen LogP) is 3.81. The van der Waals surface area contributed by atoms with Gasteiger partial charge in [0.15, 0.2) is 0 Å². The summed E-state index contributed by atoms with van der Waals surface area (Å²) in [6.45, 7) is 5.22. The summed E-state index contributed by atoms with van der Waals surface area (Å²) in [4.78, 5) is 0. The number of benzene rings is 2. The summed E-state index contributed by atoms with van der Waals surface area (Å²) >= 11 is 0. The van der Waals surface area contributed by atoms with E-state index in [1.165, 1.54) is 11.1 Å². The minimum atomic E-state index is -0.411. The molecule has 0 spiro atoms. The van der Waals surface area contributed by atoms with E-state index in [0.717, 1.165) is 24.2 Å². The van der Waals surface area contributed by atoms with Gasteiger partial charge in [0.25, 0.3) is 0 Å². The summed E-state index contributed by atoms with van der Waals surface area (Å²) in [5.41, 5.74) is 4.68. The number of hydrogen-bond donors (Lipinski definition) is 1. The lowest BCUT2D eigenvalue weighted by Crippen LogP contribution is -2.00. The van der Waals surface area contributed by atoms with E-state index in [2.05, 4.69) is 31.2 Å². The SMILES string of the molecule is Cc1cccc(CCOCc2ccc(C(C)O)cc2)c1. The van der Waals surface area contributed by atoms with Crippen molar-refractivity contribution in [3.63, 3.8) is 0 Å². The Balaban J connectivity index is 1.75. The average molecular weight is 270 g/mol. The summed E-state index contributed by atoms with van der Waals surface area (Å²) in [6, 6.07) is 16.4. The minimum absolute atomic E-state index is 0.411. The van der Waals surface area contributed by atoms with E-state index in [1.54, 1.807) is 6.92 Å². The number of hydrogen-bond acceptors (Lipinski definition) is 2. The second-order valence-electron chi connectivity index (χ2n) is 5.21. The first kappa shape index (κ1) is 14.8. The molecule has 2 rings (SSSR count). The first-order valence-electron chi connectivity index (χ1n) is 7.05. The van der Waals surface area contributed by atoms with Crippen molar-refractivity contribution in [2.24, 2.45) is 0 Å². The van der Waals surface area contributed by atoms with Gasteiger partial charge in [-0.3, -0.25) is 0 Å². The van der Waals surface area contributed by atoms with Gasteiger partial charge < -0.3 is 9.84 Å². The molecule has 0 radical (unpaired) electrons. The van der Waals surface area contributed by atoms with Crippen molar-refractivity contribution < 1.29 is 9.84 Å². The fourth-order valence-corrected chi connectivity index (χ4v) is 2.14. The van der Waals surface area contributed by atoms with Crippen molar-refractivity contribution in [2.45, 2.75) is 33.0 Å². The van der Waals surface area contributed by atoms with Gasteiger partial charge in [0.05, 0.1) is 19.3 Å². The highest BCUT2D eigenvalue weighted by molar-refractivity contribution is 5.24. The van der Waals surface area contributed by atoms with Crippen molar-refractivity contribution in [2.75, 3.05) is 6.61 Å². The Hall–Kier alpha value is -1.64. The molecule has 2 nitrogen and oxygen atoms in total. The maximum Gasteiger partial charge on any atom is 0.0761 e.